The van der Waals surface area contributed by atoms with Crippen molar-refractivity contribution in [2.75, 3.05) is 0 Å². The van der Waals surface area contributed by atoms with Gasteiger partial charge in [0.1, 0.15) is 0 Å². The minimum atomic E-state index is -0.771. The van der Waals surface area contributed by atoms with Crippen LogP contribution in [0.5, 0.6) is 0 Å². The fraction of sp³-hybridized carbons (Fsp3) is 0.550. The zero-order valence-corrected chi connectivity index (χ0v) is 14.9. The molecular weight excluding hydrogens is 304 g/mol. The zero-order valence-electron chi connectivity index (χ0n) is 14.9. The number of carbonyl (C=O) groups excluding carboxylic acids is 1. The summed E-state index contributed by atoms with van der Waals surface area (Å²) >= 11 is 0. The molecule has 0 saturated carbocycles. The predicted molar refractivity (Wildman–Crippen MR) is 98.2 cm³/mol. The summed E-state index contributed by atoms with van der Waals surface area (Å²) in [5, 5.41) is 11.1. The number of allylic oxidation sites excluding steroid dienone is 7. The van der Waals surface area contributed by atoms with E-state index in [1.807, 2.05) is 18.2 Å². The zero-order chi connectivity index (χ0) is 17.7. The van der Waals surface area contributed by atoms with Gasteiger partial charge in [0.05, 0.1) is 0 Å². The minimum absolute atomic E-state index is 0.771. The van der Waals surface area contributed by atoms with E-state index in [1.165, 1.54) is 63.9 Å². The molecule has 4 nitrogen and oxygen atoms in total. The maximum atomic E-state index is 10.7. The molecule has 0 aromatic rings. The first-order chi connectivity index (χ1) is 11.8. The van der Waals surface area contributed by atoms with Crippen LogP contribution < -0.4 is 0 Å². The Morgan fingerprint density at radius 1 is 0.792 bits per heavy atom. The van der Waals surface area contributed by atoms with Crippen molar-refractivity contribution in [2.24, 2.45) is 0 Å². The number of hydrogen-bond acceptors (Lipinski definition) is 4. The van der Waals surface area contributed by atoms with Crippen LogP contribution in [0.3, 0.4) is 0 Å². The smallest absolute Gasteiger partial charge is 0.264 e. The first kappa shape index (κ1) is 22.4. The van der Waals surface area contributed by atoms with E-state index in [4.69, 9.17) is 5.26 Å². The highest BCUT2D eigenvalue weighted by Gasteiger charge is 1.93. The van der Waals surface area contributed by atoms with Gasteiger partial charge in [0.15, 0.2) is 0 Å². The summed E-state index contributed by atoms with van der Waals surface area (Å²) in [5.74, 6) is -0.771. The highest BCUT2D eigenvalue weighted by Crippen LogP contribution is 2.10. The van der Waals surface area contributed by atoms with Gasteiger partial charge >= 0.3 is 5.97 Å². The molecule has 0 rings (SSSR count). The third kappa shape index (κ3) is 18.4. The van der Waals surface area contributed by atoms with Gasteiger partial charge < -0.3 is 0 Å². The summed E-state index contributed by atoms with van der Waals surface area (Å²) in [6.07, 6.45) is 27.5. The molecule has 0 fully saturated rings. The van der Waals surface area contributed by atoms with Gasteiger partial charge in [-0.15, -0.1) is 0 Å². The van der Waals surface area contributed by atoms with Gasteiger partial charge in [-0.1, -0.05) is 101 Å². The van der Waals surface area contributed by atoms with E-state index < -0.39 is 5.97 Å². The summed E-state index contributed by atoms with van der Waals surface area (Å²) in [6.45, 7) is 2.25. The molecule has 0 aromatic carbocycles. The second kappa shape index (κ2) is 19.4. The van der Waals surface area contributed by atoms with Crippen LogP contribution in [0.25, 0.3) is 0 Å². The summed E-state index contributed by atoms with van der Waals surface area (Å²) in [7, 11) is 0. The quantitative estimate of drug-likeness (QED) is 0.129. The summed E-state index contributed by atoms with van der Waals surface area (Å²) < 4.78 is 0. The molecule has 0 aliphatic carbocycles. The lowest BCUT2D eigenvalue weighted by Crippen LogP contribution is -1.97. The monoisotopic (exact) mass is 336 g/mol. The molecule has 24 heavy (non-hydrogen) atoms. The summed E-state index contributed by atoms with van der Waals surface area (Å²) in [6, 6.07) is 0. The molecule has 0 spiro atoms. The Labute approximate surface area is 146 Å². The molecule has 0 heterocycles. The average molecular weight is 336 g/mol. The molecule has 0 saturated heterocycles. The first-order valence-electron chi connectivity index (χ1n) is 8.99. The first-order valence-corrected chi connectivity index (χ1v) is 8.99. The van der Waals surface area contributed by atoms with Crippen LogP contribution in [0.4, 0.5) is 0 Å². The fourth-order valence-corrected chi connectivity index (χ4v) is 2.20. The van der Waals surface area contributed by atoms with Crippen molar-refractivity contribution < 1.29 is 20.0 Å². The van der Waals surface area contributed by atoms with Crippen LogP contribution in [0, 0.1) is 0 Å². The van der Waals surface area contributed by atoms with Crippen LogP contribution in [0.2, 0.25) is 0 Å². The van der Waals surface area contributed by atoms with E-state index in [1.54, 1.807) is 12.2 Å². The van der Waals surface area contributed by atoms with Gasteiger partial charge in [0.25, 0.3) is 0 Å². The lowest BCUT2D eigenvalue weighted by atomic mass is 10.1. The number of carbonyl (C=O) groups is 1. The lowest BCUT2D eigenvalue weighted by Gasteiger charge is -2.00. The Kier molecular flexibility index (Phi) is 18.1. The maximum absolute atomic E-state index is 10.7. The Bertz CT molecular complexity index is 394. The van der Waals surface area contributed by atoms with Crippen LogP contribution in [0.1, 0.15) is 71.1 Å². The van der Waals surface area contributed by atoms with Gasteiger partial charge in [-0.2, -0.15) is 0 Å². The van der Waals surface area contributed by atoms with E-state index >= 15 is 0 Å². The molecule has 0 amide bonds. The van der Waals surface area contributed by atoms with E-state index in [0.29, 0.717) is 0 Å². The standard InChI is InChI=1S/C20H32O4/c1-2-3-4-5-6-7-8-9-10-11-12-13-14-15-16-17-18-19-20(21)23-24-22/h12-19,22H,2-11H2,1H3. The van der Waals surface area contributed by atoms with Crippen molar-refractivity contribution in [3.05, 3.63) is 48.6 Å². The number of unbranched alkanes of at least 4 members (excludes halogenated alkanes) is 9. The summed E-state index contributed by atoms with van der Waals surface area (Å²) in [5.41, 5.74) is 0. The molecular formula is C20H32O4. The van der Waals surface area contributed by atoms with Crippen molar-refractivity contribution >= 4 is 5.97 Å². The Hall–Kier alpha value is -1.65. The normalized spacial score (nSPS) is 12.2. The SMILES string of the molecule is CCCCCCCCCCCC=CC=CC=CC=CC(=O)OOO. The molecule has 0 aliphatic heterocycles. The Balaban J connectivity index is 3.44. The van der Waals surface area contributed by atoms with Crippen LogP contribution in [0.15, 0.2) is 48.6 Å². The van der Waals surface area contributed by atoms with Gasteiger partial charge in [-0.05, 0) is 17.9 Å². The molecule has 0 radical (unpaired) electrons. The molecule has 0 unspecified atom stereocenters. The van der Waals surface area contributed by atoms with Gasteiger partial charge in [-0.3, -0.25) is 4.89 Å². The van der Waals surface area contributed by atoms with Crippen molar-refractivity contribution in [3.8, 4) is 0 Å². The highest BCUT2D eigenvalue weighted by molar-refractivity contribution is 5.81. The molecule has 1 N–H and O–H groups in total. The number of hydrogen-bond donors (Lipinski definition) is 1. The van der Waals surface area contributed by atoms with Crippen molar-refractivity contribution in [1.82, 2.24) is 0 Å². The largest absolute Gasteiger partial charge is 0.369 e. The van der Waals surface area contributed by atoms with Gasteiger partial charge in [0, 0.05) is 6.08 Å². The molecule has 0 atom stereocenters. The van der Waals surface area contributed by atoms with Crippen molar-refractivity contribution in [3.63, 3.8) is 0 Å². The van der Waals surface area contributed by atoms with E-state index in [2.05, 4.69) is 22.9 Å². The third-order valence-electron chi connectivity index (χ3n) is 3.52. The maximum Gasteiger partial charge on any atom is 0.369 e. The highest BCUT2D eigenvalue weighted by atomic mass is 17.5. The lowest BCUT2D eigenvalue weighted by molar-refractivity contribution is -0.460. The predicted octanol–water partition coefficient (Wildman–Crippen LogP) is 6.08. The van der Waals surface area contributed by atoms with Crippen LogP contribution >= 0.6 is 0 Å². The van der Waals surface area contributed by atoms with E-state index in [9.17, 15) is 4.79 Å². The Morgan fingerprint density at radius 3 is 1.96 bits per heavy atom. The molecule has 0 aliphatic rings. The second-order valence-electron chi connectivity index (χ2n) is 5.65. The third-order valence-corrected chi connectivity index (χ3v) is 3.52. The van der Waals surface area contributed by atoms with Crippen molar-refractivity contribution in [2.45, 2.75) is 71.1 Å². The van der Waals surface area contributed by atoms with Gasteiger partial charge in [0.2, 0.25) is 0 Å². The summed E-state index contributed by atoms with van der Waals surface area (Å²) in [4.78, 5) is 14.6. The molecule has 136 valence electrons. The van der Waals surface area contributed by atoms with E-state index in [-0.39, 0.29) is 0 Å². The Morgan fingerprint density at radius 2 is 1.33 bits per heavy atom. The second-order valence-corrected chi connectivity index (χ2v) is 5.65. The van der Waals surface area contributed by atoms with E-state index in [0.717, 1.165) is 12.5 Å². The number of rotatable bonds is 15. The average Bonchev–Trinajstić information content (AvgIpc) is 2.58. The molecule has 0 aromatic heterocycles. The van der Waals surface area contributed by atoms with Crippen LogP contribution in [-0.4, -0.2) is 11.2 Å². The fourth-order valence-electron chi connectivity index (χ4n) is 2.20. The van der Waals surface area contributed by atoms with Crippen LogP contribution in [-0.2, 0) is 14.7 Å². The molecule has 4 heteroatoms. The minimum Gasteiger partial charge on any atom is -0.264 e. The van der Waals surface area contributed by atoms with Crippen molar-refractivity contribution in [1.29, 1.82) is 0 Å². The molecule has 0 bridgehead atoms. The van der Waals surface area contributed by atoms with Gasteiger partial charge in [-0.25, -0.2) is 10.1 Å². The topological polar surface area (TPSA) is 55.8 Å².